The average Bonchev–Trinajstić information content (AvgIpc) is 2.99. The van der Waals surface area contributed by atoms with E-state index in [4.69, 9.17) is 0 Å². The summed E-state index contributed by atoms with van der Waals surface area (Å²) in [5.41, 5.74) is 3.78. The van der Waals surface area contributed by atoms with Crippen LogP contribution in [0.2, 0.25) is 0 Å². The molecular weight excluding hydrogens is 222 g/mol. The predicted molar refractivity (Wildman–Crippen MR) is 73.4 cm³/mol. The molecule has 1 atom stereocenters. The smallest absolute Gasteiger partial charge is 0.126 e. The first-order valence-electron chi connectivity index (χ1n) is 6.58. The number of imidazole rings is 1. The highest BCUT2D eigenvalue weighted by Crippen LogP contribution is 2.28. The third kappa shape index (κ3) is 1.85. The van der Waals surface area contributed by atoms with Crippen molar-refractivity contribution in [3.8, 4) is 11.3 Å². The number of nitrogens with zero attached hydrogens (tertiary/aromatic N) is 2. The molecule has 2 heterocycles. The van der Waals surface area contributed by atoms with Crippen LogP contribution in [-0.4, -0.2) is 16.1 Å². The van der Waals surface area contributed by atoms with Gasteiger partial charge < -0.3 is 9.88 Å². The number of aryl methyl sites for hydroxylation is 1. The van der Waals surface area contributed by atoms with Gasteiger partial charge in [-0.15, -0.1) is 0 Å². The van der Waals surface area contributed by atoms with Gasteiger partial charge in [0.05, 0.1) is 17.9 Å². The van der Waals surface area contributed by atoms with Crippen LogP contribution < -0.4 is 5.32 Å². The van der Waals surface area contributed by atoms with Gasteiger partial charge in [-0.25, -0.2) is 4.98 Å². The van der Waals surface area contributed by atoms with Crippen LogP contribution in [0, 0.1) is 6.92 Å². The van der Waals surface area contributed by atoms with Gasteiger partial charge in [-0.3, -0.25) is 0 Å². The van der Waals surface area contributed by atoms with E-state index in [1.165, 1.54) is 29.7 Å². The Morgan fingerprint density at radius 2 is 2.17 bits per heavy atom. The summed E-state index contributed by atoms with van der Waals surface area (Å²) in [4.78, 5) is 4.62. The molecule has 3 rings (SSSR count). The summed E-state index contributed by atoms with van der Waals surface area (Å²) >= 11 is 0. The van der Waals surface area contributed by atoms with Crippen LogP contribution in [0.25, 0.3) is 11.3 Å². The number of hydrogen-bond acceptors (Lipinski definition) is 2. The van der Waals surface area contributed by atoms with Crippen molar-refractivity contribution in [3.63, 3.8) is 0 Å². The number of hydrogen-bond donors (Lipinski definition) is 1. The van der Waals surface area contributed by atoms with E-state index in [-0.39, 0.29) is 0 Å². The second-order valence-electron chi connectivity index (χ2n) is 5.02. The Balaban J connectivity index is 2.02. The van der Waals surface area contributed by atoms with Gasteiger partial charge in [-0.05, 0) is 31.9 Å². The SMILES string of the molecule is Cc1ccccc1-c1cnc(C2CCCN2)n1C. The van der Waals surface area contributed by atoms with Crippen molar-refractivity contribution in [1.82, 2.24) is 14.9 Å². The molecule has 1 aromatic heterocycles. The lowest BCUT2D eigenvalue weighted by molar-refractivity contribution is 0.581. The monoisotopic (exact) mass is 241 g/mol. The lowest BCUT2D eigenvalue weighted by Gasteiger charge is -2.12. The normalized spacial score (nSPS) is 19.3. The van der Waals surface area contributed by atoms with Gasteiger partial charge in [-0.1, -0.05) is 24.3 Å². The van der Waals surface area contributed by atoms with E-state index in [9.17, 15) is 0 Å². The molecule has 1 aromatic carbocycles. The zero-order valence-corrected chi connectivity index (χ0v) is 11.0. The lowest BCUT2D eigenvalue weighted by atomic mass is 10.1. The van der Waals surface area contributed by atoms with Crippen molar-refractivity contribution in [3.05, 3.63) is 41.9 Å². The van der Waals surface area contributed by atoms with Gasteiger partial charge in [0.15, 0.2) is 0 Å². The summed E-state index contributed by atoms with van der Waals surface area (Å²) in [5.74, 6) is 1.16. The van der Waals surface area contributed by atoms with E-state index in [1.54, 1.807) is 0 Å². The van der Waals surface area contributed by atoms with E-state index < -0.39 is 0 Å². The molecule has 1 saturated heterocycles. The summed E-state index contributed by atoms with van der Waals surface area (Å²) in [5, 5.41) is 3.51. The van der Waals surface area contributed by atoms with E-state index in [2.05, 4.69) is 53.1 Å². The highest BCUT2D eigenvalue weighted by molar-refractivity contribution is 5.63. The third-order valence-electron chi connectivity index (χ3n) is 3.82. The average molecular weight is 241 g/mol. The van der Waals surface area contributed by atoms with Gasteiger partial charge in [-0.2, -0.15) is 0 Å². The van der Waals surface area contributed by atoms with E-state index in [0.29, 0.717) is 6.04 Å². The van der Waals surface area contributed by atoms with Crippen molar-refractivity contribution in [2.75, 3.05) is 6.54 Å². The molecule has 1 fully saturated rings. The Labute approximate surface area is 108 Å². The predicted octanol–water partition coefficient (Wildman–Crippen LogP) is 2.82. The molecule has 1 N–H and O–H groups in total. The van der Waals surface area contributed by atoms with Crippen LogP contribution >= 0.6 is 0 Å². The second-order valence-corrected chi connectivity index (χ2v) is 5.02. The molecule has 3 heteroatoms. The highest BCUT2D eigenvalue weighted by Gasteiger charge is 2.21. The van der Waals surface area contributed by atoms with Crippen molar-refractivity contribution in [2.45, 2.75) is 25.8 Å². The number of nitrogens with one attached hydrogen (secondary N) is 1. The topological polar surface area (TPSA) is 29.9 Å². The van der Waals surface area contributed by atoms with Crippen LogP contribution in [-0.2, 0) is 7.05 Å². The molecule has 1 aliphatic rings. The van der Waals surface area contributed by atoms with Crippen LogP contribution in [0.1, 0.15) is 30.3 Å². The van der Waals surface area contributed by atoms with Crippen molar-refractivity contribution < 1.29 is 0 Å². The number of aromatic nitrogens is 2. The molecule has 18 heavy (non-hydrogen) atoms. The second kappa shape index (κ2) is 4.58. The molecule has 0 bridgehead atoms. The Morgan fingerprint density at radius 3 is 2.89 bits per heavy atom. The molecule has 3 nitrogen and oxygen atoms in total. The number of rotatable bonds is 2. The molecule has 0 spiro atoms. The molecule has 0 amide bonds. The maximum absolute atomic E-state index is 4.62. The standard InChI is InChI=1S/C15H19N3/c1-11-6-3-4-7-12(11)14-10-17-15(18(14)2)13-8-5-9-16-13/h3-4,6-7,10,13,16H,5,8-9H2,1-2H3. The Morgan fingerprint density at radius 1 is 1.33 bits per heavy atom. The van der Waals surface area contributed by atoms with Crippen LogP contribution in [0.15, 0.2) is 30.5 Å². The summed E-state index contributed by atoms with van der Waals surface area (Å²) in [6.45, 7) is 3.26. The van der Waals surface area contributed by atoms with E-state index in [0.717, 1.165) is 12.4 Å². The molecule has 94 valence electrons. The van der Waals surface area contributed by atoms with Gasteiger partial charge in [0, 0.05) is 12.6 Å². The lowest BCUT2D eigenvalue weighted by Crippen LogP contribution is -2.17. The maximum atomic E-state index is 4.62. The van der Waals surface area contributed by atoms with Gasteiger partial charge in [0.25, 0.3) is 0 Å². The van der Waals surface area contributed by atoms with Gasteiger partial charge in [0.1, 0.15) is 5.82 Å². The van der Waals surface area contributed by atoms with Crippen LogP contribution in [0.4, 0.5) is 0 Å². The summed E-state index contributed by atoms with van der Waals surface area (Å²) in [7, 11) is 2.12. The van der Waals surface area contributed by atoms with Gasteiger partial charge in [0.2, 0.25) is 0 Å². The fourth-order valence-corrected chi connectivity index (χ4v) is 2.76. The molecule has 0 saturated carbocycles. The van der Waals surface area contributed by atoms with Gasteiger partial charge >= 0.3 is 0 Å². The van der Waals surface area contributed by atoms with Crippen molar-refractivity contribution in [1.29, 1.82) is 0 Å². The van der Waals surface area contributed by atoms with E-state index >= 15 is 0 Å². The summed E-state index contributed by atoms with van der Waals surface area (Å²) in [6, 6.07) is 8.90. The first-order valence-corrected chi connectivity index (χ1v) is 6.58. The Kier molecular flexibility index (Phi) is 2.92. The molecule has 1 unspecified atom stereocenters. The third-order valence-corrected chi connectivity index (χ3v) is 3.82. The fourth-order valence-electron chi connectivity index (χ4n) is 2.76. The van der Waals surface area contributed by atoms with Crippen LogP contribution in [0.5, 0.6) is 0 Å². The minimum atomic E-state index is 0.424. The number of benzene rings is 1. The van der Waals surface area contributed by atoms with E-state index in [1.807, 2.05) is 6.20 Å². The molecule has 2 aromatic rings. The molecule has 0 radical (unpaired) electrons. The maximum Gasteiger partial charge on any atom is 0.126 e. The molecule has 1 aliphatic heterocycles. The first kappa shape index (κ1) is 11.5. The largest absolute Gasteiger partial charge is 0.330 e. The Bertz CT molecular complexity index is 551. The van der Waals surface area contributed by atoms with Crippen molar-refractivity contribution in [2.24, 2.45) is 7.05 Å². The quantitative estimate of drug-likeness (QED) is 0.876. The highest BCUT2D eigenvalue weighted by atomic mass is 15.1. The van der Waals surface area contributed by atoms with Crippen molar-refractivity contribution >= 4 is 0 Å². The minimum absolute atomic E-state index is 0.424. The summed E-state index contributed by atoms with van der Waals surface area (Å²) in [6.07, 6.45) is 4.44. The molecular formula is C15H19N3. The minimum Gasteiger partial charge on any atom is -0.330 e. The molecule has 0 aliphatic carbocycles. The Hall–Kier alpha value is -1.61. The first-order chi connectivity index (χ1) is 8.77. The zero-order chi connectivity index (χ0) is 12.5. The zero-order valence-electron chi connectivity index (χ0n) is 11.0. The summed E-state index contributed by atoms with van der Waals surface area (Å²) < 4.78 is 2.23. The fraction of sp³-hybridized carbons (Fsp3) is 0.400. The van der Waals surface area contributed by atoms with Crippen LogP contribution in [0.3, 0.4) is 0 Å².